The zero-order valence-corrected chi connectivity index (χ0v) is 20.3. The first-order valence-electron chi connectivity index (χ1n) is 9.72. The van der Waals surface area contributed by atoms with E-state index >= 15 is 0 Å². The summed E-state index contributed by atoms with van der Waals surface area (Å²) in [5.41, 5.74) is 2.03. The maximum atomic E-state index is 12.5. The smallest absolute Gasteiger partial charge is 0.303 e. The van der Waals surface area contributed by atoms with Crippen LogP contribution in [-0.4, -0.2) is 40.0 Å². The molecule has 0 fully saturated rings. The molecule has 3 aromatic rings. The zero-order valence-electron chi connectivity index (χ0n) is 17.1. The van der Waals surface area contributed by atoms with Gasteiger partial charge in [-0.3, -0.25) is 19.4 Å². The fourth-order valence-electron chi connectivity index (χ4n) is 2.93. The lowest BCUT2D eigenvalue weighted by molar-refractivity contribution is -0.137. The Kier molecular flexibility index (Phi) is 8.11. The Labute approximate surface area is 201 Å². The van der Waals surface area contributed by atoms with Crippen LogP contribution in [0.4, 0.5) is 0 Å². The summed E-state index contributed by atoms with van der Waals surface area (Å²) in [6, 6.07) is 10.8. The van der Waals surface area contributed by atoms with E-state index in [9.17, 15) is 19.5 Å². The van der Waals surface area contributed by atoms with Crippen LogP contribution in [0.1, 0.15) is 51.1 Å². The van der Waals surface area contributed by atoms with Gasteiger partial charge in [0.15, 0.2) is 11.6 Å². The van der Waals surface area contributed by atoms with Gasteiger partial charge in [0.05, 0.1) is 14.6 Å². The molecule has 0 aliphatic carbocycles. The average molecular weight is 534 g/mol. The van der Waals surface area contributed by atoms with Crippen molar-refractivity contribution in [1.82, 2.24) is 0 Å². The first kappa shape index (κ1) is 24.0. The Morgan fingerprint density at radius 2 is 1.66 bits per heavy atom. The van der Waals surface area contributed by atoms with E-state index in [0.717, 1.165) is 26.3 Å². The lowest BCUT2D eigenvalue weighted by atomic mass is 10.1. The van der Waals surface area contributed by atoms with Gasteiger partial charge >= 0.3 is 5.97 Å². The molecule has 1 aromatic carbocycles. The fraction of sp³-hybridized carbons (Fsp3) is 0.217. The molecule has 0 bridgehead atoms. The van der Waals surface area contributed by atoms with Crippen LogP contribution in [0.25, 0.3) is 10.4 Å². The Morgan fingerprint density at radius 3 is 2.31 bits per heavy atom. The monoisotopic (exact) mass is 533 g/mol. The van der Waals surface area contributed by atoms with E-state index in [1.165, 1.54) is 11.3 Å². The van der Waals surface area contributed by atoms with Gasteiger partial charge in [0.25, 0.3) is 0 Å². The number of halogens is 1. The highest BCUT2D eigenvalue weighted by atomic mass is 79.9. The minimum Gasteiger partial charge on any atom is -0.506 e. The van der Waals surface area contributed by atoms with Gasteiger partial charge in [-0.15, -0.1) is 22.7 Å². The summed E-state index contributed by atoms with van der Waals surface area (Å²) in [5.74, 6) is -1.19. The van der Waals surface area contributed by atoms with Gasteiger partial charge in [-0.1, -0.05) is 28.1 Å². The molecule has 0 unspecified atom stereocenters. The van der Waals surface area contributed by atoms with E-state index in [-0.39, 0.29) is 43.1 Å². The number of benzene rings is 1. The molecule has 2 heterocycles. The first-order valence-corrected chi connectivity index (χ1v) is 12.2. The molecule has 0 atom stereocenters. The predicted octanol–water partition coefficient (Wildman–Crippen LogP) is 6.07. The third-order valence-electron chi connectivity index (χ3n) is 4.67. The van der Waals surface area contributed by atoms with Gasteiger partial charge in [-0.2, -0.15) is 0 Å². The Hall–Kier alpha value is -2.62. The van der Waals surface area contributed by atoms with E-state index in [4.69, 9.17) is 5.11 Å². The minimum atomic E-state index is -0.936. The number of hydrogen-bond donors (Lipinski definition) is 2. The maximum Gasteiger partial charge on any atom is 0.303 e. The fourth-order valence-corrected chi connectivity index (χ4v) is 5.11. The Morgan fingerprint density at radius 1 is 1.00 bits per heavy atom. The van der Waals surface area contributed by atoms with Crippen LogP contribution >= 0.6 is 38.6 Å². The van der Waals surface area contributed by atoms with E-state index in [1.807, 2.05) is 29.6 Å². The molecule has 32 heavy (non-hydrogen) atoms. The number of carboxylic acid groups (broad SMARTS) is 1. The lowest BCUT2D eigenvalue weighted by Gasteiger charge is -2.02. The number of aromatic hydroxyl groups is 1. The highest BCUT2D eigenvalue weighted by Crippen LogP contribution is 2.39. The summed E-state index contributed by atoms with van der Waals surface area (Å²) in [7, 11) is 0. The molecule has 0 spiro atoms. The maximum absolute atomic E-state index is 12.5. The van der Waals surface area contributed by atoms with Crippen molar-refractivity contribution in [2.75, 3.05) is 6.54 Å². The second kappa shape index (κ2) is 10.8. The van der Waals surface area contributed by atoms with Gasteiger partial charge in [-0.25, -0.2) is 0 Å². The molecule has 2 N–H and O–H groups in total. The van der Waals surface area contributed by atoms with Crippen LogP contribution in [0.5, 0.6) is 5.75 Å². The van der Waals surface area contributed by atoms with Crippen molar-refractivity contribution in [1.29, 1.82) is 0 Å². The molecular weight excluding hydrogens is 514 g/mol. The first-order chi connectivity index (χ1) is 15.3. The summed E-state index contributed by atoms with van der Waals surface area (Å²) in [6.07, 6.45) is 0.344. The number of hydrogen-bond acceptors (Lipinski definition) is 7. The Balaban J connectivity index is 1.65. The SMILES string of the molecule is CC(=NCC(=O)c1ccc(C(=O)CCCC(=O)O)s1)c1csc(-c2ccc(Br)cc2)c1O. The third-order valence-corrected chi connectivity index (χ3v) is 7.39. The molecule has 0 amide bonds. The molecule has 0 aliphatic heterocycles. The number of nitrogens with zero attached hydrogens (tertiary/aromatic N) is 1. The molecule has 2 aromatic heterocycles. The predicted molar refractivity (Wildman–Crippen MR) is 131 cm³/mol. The van der Waals surface area contributed by atoms with E-state index in [0.29, 0.717) is 21.0 Å². The number of ketones is 2. The van der Waals surface area contributed by atoms with Crippen LogP contribution in [-0.2, 0) is 4.79 Å². The van der Waals surface area contributed by atoms with E-state index in [2.05, 4.69) is 20.9 Å². The van der Waals surface area contributed by atoms with Crippen molar-refractivity contribution in [3.63, 3.8) is 0 Å². The second-order valence-corrected chi connectivity index (χ2v) is 9.87. The van der Waals surface area contributed by atoms with E-state index in [1.54, 1.807) is 19.1 Å². The molecule has 166 valence electrons. The van der Waals surface area contributed by atoms with Crippen LogP contribution in [0, 0.1) is 0 Å². The zero-order chi connectivity index (χ0) is 23.3. The highest BCUT2D eigenvalue weighted by Gasteiger charge is 2.17. The van der Waals surface area contributed by atoms with Gasteiger partial charge in [-0.05, 0) is 43.2 Å². The van der Waals surface area contributed by atoms with Crippen molar-refractivity contribution in [2.45, 2.75) is 26.2 Å². The molecule has 3 rings (SSSR count). The lowest BCUT2D eigenvalue weighted by Crippen LogP contribution is -2.04. The van der Waals surface area contributed by atoms with Gasteiger partial charge in [0, 0.05) is 34.0 Å². The molecule has 9 heteroatoms. The Bertz CT molecular complexity index is 1180. The van der Waals surface area contributed by atoms with Crippen molar-refractivity contribution in [2.24, 2.45) is 4.99 Å². The molecular formula is C23H20BrNO5S2. The quantitative estimate of drug-likeness (QED) is 0.243. The molecule has 6 nitrogen and oxygen atoms in total. The number of thiophene rings is 2. The summed E-state index contributed by atoms with van der Waals surface area (Å²) >= 11 is 5.89. The van der Waals surface area contributed by atoms with Crippen molar-refractivity contribution in [3.05, 3.63) is 61.6 Å². The summed E-state index contributed by atoms with van der Waals surface area (Å²) in [4.78, 5) is 41.2. The van der Waals surface area contributed by atoms with Gasteiger partial charge in [0.2, 0.25) is 0 Å². The summed E-state index contributed by atoms with van der Waals surface area (Å²) in [6.45, 7) is 1.65. The summed E-state index contributed by atoms with van der Waals surface area (Å²) < 4.78 is 0.951. The molecule has 0 aliphatic rings. The molecule has 0 saturated heterocycles. The van der Waals surface area contributed by atoms with Crippen molar-refractivity contribution in [3.8, 4) is 16.2 Å². The second-order valence-electron chi connectivity index (χ2n) is 6.99. The minimum absolute atomic E-state index is 0.0597. The van der Waals surface area contributed by atoms with E-state index < -0.39 is 5.97 Å². The normalized spacial score (nSPS) is 11.5. The molecule has 0 radical (unpaired) electrons. The van der Waals surface area contributed by atoms with Crippen LogP contribution in [0.2, 0.25) is 0 Å². The topological polar surface area (TPSA) is 104 Å². The number of aliphatic carboxylic acids is 1. The van der Waals surface area contributed by atoms with Gasteiger partial charge in [0.1, 0.15) is 12.3 Å². The third kappa shape index (κ3) is 5.99. The van der Waals surface area contributed by atoms with Crippen LogP contribution in [0.3, 0.4) is 0 Å². The van der Waals surface area contributed by atoms with Crippen molar-refractivity contribution >= 4 is 61.9 Å². The number of rotatable bonds is 10. The average Bonchev–Trinajstić information content (AvgIpc) is 3.39. The standard InChI is InChI=1S/C23H20BrNO5S2/c1-13(16-12-31-23(22(16)30)14-5-7-15(24)8-6-14)25-11-18(27)20-10-9-19(32-20)17(26)3-2-4-21(28)29/h5-10,12,30H,2-4,11H2,1H3,(H,28,29). The number of carboxylic acids is 1. The number of carbonyl (C=O) groups is 3. The number of aliphatic imine (C=N–C) groups is 1. The van der Waals surface area contributed by atoms with Gasteiger partial charge < -0.3 is 10.2 Å². The van der Waals surface area contributed by atoms with Crippen LogP contribution in [0.15, 0.2) is 51.2 Å². The molecule has 0 saturated carbocycles. The summed E-state index contributed by atoms with van der Waals surface area (Å²) in [5, 5.41) is 21.1. The number of carbonyl (C=O) groups excluding carboxylic acids is 2. The number of Topliss-reactive ketones (excluding diaryl/α,β-unsaturated/α-hetero) is 2. The van der Waals surface area contributed by atoms with Crippen molar-refractivity contribution < 1.29 is 24.6 Å². The highest BCUT2D eigenvalue weighted by molar-refractivity contribution is 9.10. The van der Waals surface area contributed by atoms with Crippen LogP contribution < -0.4 is 0 Å². The largest absolute Gasteiger partial charge is 0.506 e.